The van der Waals surface area contributed by atoms with Crippen LogP contribution in [0.25, 0.3) is 0 Å². The minimum absolute atomic E-state index is 0.0336. The Labute approximate surface area is 130 Å². The van der Waals surface area contributed by atoms with E-state index in [0.717, 1.165) is 19.5 Å². The van der Waals surface area contributed by atoms with E-state index in [2.05, 4.69) is 5.32 Å². The zero-order valence-electron chi connectivity index (χ0n) is 12.5. The molecule has 2 aliphatic heterocycles. The van der Waals surface area contributed by atoms with Crippen molar-refractivity contribution in [2.45, 2.75) is 11.3 Å². The summed E-state index contributed by atoms with van der Waals surface area (Å²) >= 11 is 0. The number of benzene rings is 1. The van der Waals surface area contributed by atoms with Gasteiger partial charge in [0, 0.05) is 13.1 Å². The molecule has 1 aromatic rings. The number of carbonyl (C=O) groups excluding carboxylic acids is 1. The third-order valence-electron chi connectivity index (χ3n) is 4.58. The highest BCUT2D eigenvalue weighted by Crippen LogP contribution is 2.31. The van der Waals surface area contributed by atoms with Gasteiger partial charge in [-0.3, -0.25) is 0 Å². The molecule has 0 aliphatic carbocycles. The van der Waals surface area contributed by atoms with Gasteiger partial charge in [0.1, 0.15) is 0 Å². The molecular weight excluding hydrogens is 304 g/mol. The van der Waals surface area contributed by atoms with Crippen LogP contribution in [0.5, 0.6) is 0 Å². The molecular formula is C15H20N2O4S. The number of piperidine rings is 1. The maximum atomic E-state index is 12.9. The normalized spacial score (nSPS) is 25.7. The maximum absolute atomic E-state index is 12.9. The molecule has 0 saturated carbocycles. The molecule has 2 aliphatic rings. The Bertz CT molecular complexity index is 674. The van der Waals surface area contributed by atoms with Gasteiger partial charge in [-0.05, 0) is 43.5 Å². The van der Waals surface area contributed by atoms with Gasteiger partial charge < -0.3 is 10.1 Å². The Hall–Kier alpha value is -1.44. The van der Waals surface area contributed by atoms with E-state index in [1.807, 2.05) is 0 Å². The zero-order valence-corrected chi connectivity index (χ0v) is 13.3. The number of carbonyl (C=O) groups is 1. The van der Waals surface area contributed by atoms with Crippen LogP contribution in [0.2, 0.25) is 0 Å². The Kier molecular flexibility index (Phi) is 4.20. The van der Waals surface area contributed by atoms with E-state index in [0.29, 0.717) is 24.9 Å². The minimum Gasteiger partial charge on any atom is -0.465 e. The van der Waals surface area contributed by atoms with E-state index in [-0.39, 0.29) is 10.5 Å². The summed E-state index contributed by atoms with van der Waals surface area (Å²) in [6.45, 7) is 2.84. The summed E-state index contributed by atoms with van der Waals surface area (Å²) in [6, 6.07) is 6.23. The van der Waals surface area contributed by atoms with Gasteiger partial charge in [0.2, 0.25) is 10.0 Å². The number of ether oxygens (including phenoxy) is 1. The lowest BCUT2D eigenvalue weighted by atomic mass is 9.90. The largest absolute Gasteiger partial charge is 0.465 e. The van der Waals surface area contributed by atoms with Crippen LogP contribution in [0.15, 0.2) is 29.2 Å². The smallest absolute Gasteiger partial charge is 0.339 e. The number of nitrogens with zero attached hydrogens (tertiary/aromatic N) is 1. The summed E-state index contributed by atoms with van der Waals surface area (Å²) in [4.78, 5) is 11.9. The number of sulfonamides is 1. The third kappa shape index (κ3) is 2.64. The predicted octanol–water partition coefficient (Wildman–Crippen LogP) is 0.703. The predicted molar refractivity (Wildman–Crippen MR) is 81.0 cm³/mol. The molecule has 3 rings (SSSR count). The average Bonchev–Trinajstić information content (AvgIpc) is 3.01. The lowest BCUT2D eigenvalue weighted by Crippen LogP contribution is -2.43. The number of rotatable bonds is 3. The third-order valence-corrected chi connectivity index (χ3v) is 6.50. The molecule has 2 atom stereocenters. The lowest BCUT2D eigenvalue weighted by Gasteiger charge is -2.33. The SMILES string of the molecule is COC(=O)c1ccccc1S(=O)(=O)N1CCC2CNCC2C1. The van der Waals surface area contributed by atoms with Crippen molar-refractivity contribution in [1.82, 2.24) is 9.62 Å². The fourth-order valence-corrected chi connectivity index (χ4v) is 5.02. The maximum Gasteiger partial charge on any atom is 0.339 e. The van der Waals surface area contributed by atoms with Gasteiger partial charge in [0.15, 0.2) is 0 Å². The van der Waals surface area contributed by atoms with E-state index < -0.39 is 16.0 Å². The van der Waals surface area contributed by atoms with Gasteiger partial charge in [0.05, 0.1) is 17.6 Å². The quantitative estimate of drug-likeness (QED) is 0.829. The number of esters is 1. The van der Waals surface area contributed by atoms with Crippen molar-refractivity contribution in [3.8, 4) is 0 Å². The van der Waals surface area contributed by atoms with Crippen molar-refractivity contribution in [3.63, 3.8) is 0 Å². The van der Waals surface area contributed by atoms with Crippen LogP contribution in [-0.4, -0.2) is 52.0 Å². The van der Waals surface area contributed by atoms with Crippen LogP contribution >= 0.6 is 0 Å². The first-order chi connectivity index (χ1) is 10.5. The first-order valence-electron chi connectivity index (χ1n) is 7.42. The fourth-order valence-electron chi connectivity index (χ4n) is 3.33. The van der Waals surface area contributed by atoms with Crippen LogP contribution in [0.3, 0.4) is 0 Å². The lowest BCUT2D eigenvalue weighted by molar-refractivity contribution is 0.0596. The van der Waals surface area contributed by atoms with Crippen LogP contribution in [0.1, 0.15) is 16.8 Å². The Morgan fingerprint density at radius 2 is 2.00 bits per heavy atom. The second kappa shape index (κ2) is 5.98. The fraction of sp³-hybridized carbons (Fsp3) is 0.533. The van der Waals surface area contributed by atoms with E-state index >= 15 is 0 Å². The first kappa shape index (κ1) is 15.5. The Morgan fingerprint density at radius 3 is 2.77 bits per heavy atom. The summed E-state index contributed by atoms with van der Waals surface area (Å²) in [5, 5.41) is 3.32. The molecule has 7 heteroatoms. The highest BCUT2D eigenvalue weighted by atomic mass is 32.2. The molecule has 0 spiro atoms. The highest BCUT2D eigenvalue weighted by Gasteiger charge is 2.38. The second-order valence-electron chi connectivity index (χ2n) is 5.82. The Morgan fingerprint density at radius 1 is 1.27 bits per heavy atom. The van der Waals surface area contributed by atoms with Crippen LogP contribution in [-0.2, 0) is 14.8 Å². The molecule has 2 fully saturated rings. The summed E-state index contributed by atoms with van der Waals surface area (Å²) < 4.78 is 32.0. The number of methoxy groups -OCH3 is 1. The molecule has 120 valence electrons. The van der Waals surface area contributed by atoms with Crippen LogP contribution in [0, 0.1) is 11.8 Å². The average molecular weight is 324 g/mol. The summed E-state index contributed by atoms with van der Waals surface area (Å²) in [7, 11) is -2.43. The zero-order chi connectivity index (χ0) is 15.7. The standard InChI is InChI=1S/C15H20N2O4S/c1-21-15(18)13-4-2-3-5-14(13)22(19,20)17-7-6-11-8-16-9-12(11)10-17/h2-5,11-12,16H,6-10H2,1H3. The molecule has 2 saturated heterocycles. The summed E-state index contributed by atoms with van der Waals surface area (Å²) in [5.74, 6) is 0.285. The van der Waals surface area contributed by atoms with Crippen molar-refractivity contribution in [2.75, 3.05) is 33.3 Å². The van der Waals surface area contributed by atoms with Gasteiger partial charge in [-0.1, -0.05) is 12.1 Å². The molecule has 6 nitrogen and oxygen atoms in total. The van der Waals surface area contributed by atoms with E-state index in [1.165, 1.54) is 23.5 Å². The first-order valence-corrected chi connectivity index (χ1v) is 8.86. The van der Waals surface area contributed by atoms with E-state index in [4.69, 9.17) is 4.74 Å². The highest BCUT2D eigenvalue weighted by molar-refractivity contribution is 7.89. The van der Waals surface area contributed by atoms with Crippen molar-refractivity contribution in [1.29, 1.82) is 0 Å². The topological polar surface area (TPSA) is 75.7 Å². The molecule has 0 aromatic heterocycles. The molecule has 1 aromatic carbocycles. The van der Waals surface area contributed by atoms with Crippen LogP contribution < -0.4 is 5.32 Å². The summed E-state index contributed by atoms with van der Waals surface area (Å²) in [5.41, 5.74) is 0.0941. The molecule has 0 amide bonds. The number of hydrogen-bond acceptors (Lipinski definition) is 5. The van der Waals surface area contributed by atoms with Gasteiger partial charge in [0.25, 0.3) is 0 Å². The van der Waals surface area contributed by atoms with E-state index in [9.17, 15) is 13.2 Å². The number of fused-ring (bicyclic) bond motifs is 1. The van der Waals surface area contributed by atoms with Gasteiger partial charge in [-0.2, -0.15) is 4.31 Å². The van der Waals surface area contributed by atoms with Crippen molar-refractivity contribution in [3.05, 3.63) is 29.8 Å². The van der Waals surface area contributed by atoms with Crippen LogP contribution in [0.4, 0.5) is 0 Å². The van der Waals surface area contributed by atoms with Crippen molar-refractivity contribution in [2.24, 2.45) is 11.8 Å². The molecule has 22 heavy (non-hydrogen) atoms. The number of nitrogens with one attached hydrogen (secondary N) is 1. The number of hydrogen-bond donors (Lipinski definition) is 1. The second-order valence-corrected chi connectivity index (χ2v) is 7.72. The molecule has 2 unspecified atom stereocenters. The molecule has 1 N–H and O–H groups in total. The molecule has 0 radical (unpaired) electrons. The Balaban J connectivity index is 1.92. The van der Waals surface area contributed by atoms with Crippen molar-refractivity contribution < 1.29 is 17.9 Å². The van der Waals surface area contributed by atoms with Gasteiger partial charge in [-0.25, -0.2) is 13.2 Å². The molecule has 2 heterocycles. The monoisotopic (exact) mass is 324 g/mol. The van der Waals surface area contributed by atoms with Crippen molar-refractivity contribution >= 4 is 16.0 Å². The molecule has 0 bridgehead atoms. The van der Waals surface area contributed by atoms with Gasteiger partial charge >= 0.3 is 5.97 Å². The summed E-state index contributed by atoms with van der Waals surface area (Å²) in [6.07, 6.45) is 0.858. The van der Waals surface area contributed by atoms with E-state index in [1.54, 1.807) is 12.1 Å². The minimum atomic E-state index is -3.68. The van der Waals surface area contributed by atoms with Gasteiger partial charge in [-0.15, -0.1) is 0 Å².